The predicted octanol–water partition coefficient (Wildman–Crippen LogP) is 1.09. The summed E-state index contributed by atoms with van der Waals surface area (Å²) in [7, 11) is 0. The molecule has 0 radical (unpaired) electrons. The molecule has 0 heterocycles. The normalized spacial score (nSPS) is 13.1. The van der Waals surface area contributed by atoms with Crippen LogP contribution in [-0.4, -0.2) is 42.1 Å². The average Bonchev–Trinajstić information content (AvgIpc) is 2.38. The summed E-state index contributed by atoms with van der Waals surface area (Å²) < 4.78 is 0. The highest BCUT2D eigenvalue weighted by molar-refractivity contribution is 5.78. The van der Waals surface area contributed by atoms with Gasteiger partial charge >= 0.3 is 12.0 Å². The van der Waals surface area contributed by atoms with Gasteiger partial charge in [-0.25, -0.2) is 4.79 Å². The Balaban J connectivity index is 3.70. The third-order valence-electron chi connectivity index (χ3n) is 3.08. The number of amides is 3. The summed E-state index contributed by atoms with van der Waals surface area (Å²) in [6.07, 6.45) is 2.32. The van der Waals surface area contributed by atoms with Gasteiger partial charge in [-0.15, -0.1) is 0 Å². The van der Waals surface area contributed by atoms with Gasteiger partial charge in [0.2, 0.25) is 5.91 Å². The van der Waals surface area contributed by atoms with Crippen molar-refractivity contribution in [3.63, 3.8) is 0 Å². The topological polar surface area (TPSA) is 108 Å². The van der Waals surface area contributed by atoms with Gasteiger partial charge in [-0.1, -0.05) is 13.3 Å². The van der Waals surface area contributed by atoms with Crippen LogP contribution in [0.5, 0.6) is 0 Å². The molecule has 0 bridgehead atoms. The molecule has 0 fully saturated rings. The van der Waals surface area contributed by atoms with Crippen LogP contribution in [-0.2, 0) is 9.59 Å². The van der Waals surface area contributed by atoms with E-state index in [1.807, 2.05) is 13.8 Å². The van der Waals surface area contributed by atoms with Crippen molar-refractivity contribution >= 4 is 17.9 Å². The molecular weight excluding hydrogens is 274 g/mol. The van der Waals surface area contributed by atoms with Crippen molar-refractivity contribution in [1.29, 1.82) is 0 Å². The second kappa shape index (κ2) is 10.9. The van der Waals surface area contributed by atoms with E-state index in [0.717, 1.165) is 12.8 Å². The summed E-state index contributed by atoms with van der Waals surface area (Å²) in [5, 5.41) is 16.8. The fraction of sp³-hybridized carbons (Fsp3) is 0.786. The number of rotatable bonds is 10. The van der Waals surface area contributed by atoms with Crippen LogP contribution in [0.15, 0.2) is 0 Å². The maximum atomic E-state index is 11.6. The summed E-state index contributed by atoms with van der Waals surface area (Å²) in [4.78, 5) is 33.4. The van der Waals surface area contributed by atoms with Gasteiger partial charge in [-0.3, -0.25) is 9.59 Å². The molecule has 0 aromatic heterocycles. The average molecular weight is 301 g/mol. The zero-order valence-corrected chi connectivity index (χ0v) is 13.1. The molecule has 0 saturated carbocycles. The van der Waals surface area contributed by atoms with Crippen molar-refractivity contribution in [1.82, 2.24) is 16.0 Å². The first-order valence-corrected chi connectivity index (χ1v) is 7.40. The number of hydrogen-bond acceptors (Lipinski definition) is 3. The minimum atomic E-state index is -0.793. The van der Waals surface area contributed by atoms with Crippen LogP contribution in [0.1, 0.15) is 46.5 Å². The van der Waals surface area contributed by atoms with E-state index in [0.29, 0.717) is 19.5 Å². The SMILES string of the molecule is CCNC(=O)CCNC(=O)NC(C)CCCC(C)C(=O)O. The molecule has 0 saturated heterocycles. The molecule has 0 aromatic rings. The minimum Gasteiger partial charge on any atom is -0.481 e. The molecule has 2 unspecified atom stereocenters. The zero-order chi connectivity index (χ0) is 16.3. The maximum Gasteiger partial charge on any atom is 0.315 e. The van der Waals surface area contributed by atoms with Gasteiger partial charge < -0.3 is 21.1 Å². The number of urea groups is 1. The van der Waals surface area contributed by atoms with Gasteiger partial charge in [0.15, 0.2) is 0 Å². The van der Waals surface area contributed by atoms with Gasteiger partial charge in [-0.2, -0.15) is 0 Å². The van der Waals surface area contributed by atoms with E-state index in [1.54, 1.807) is 6.92 Å². The Kier molecular flexibility index (Phi) is 10.0. The number of hydrogen-bond donors (Lipinski definition) is 4. The number of carbonyl (C=O) groups is 3. The highest BCUT2D eigenvalue weighted by Crippen LogP contribution is 2.09. The van der Waals surface area contributed by atoms with Crippen LogP contribution in [0, 0.1) is 5.92 Å². The fourth-order valence-electron chi connectivity index (χ4n) is 1.78. The summed E-state index contributed by atoms with van der Waals surface area (Å²) >= 11 is 0. The summed E-state index contributed by atoms with van der Waals surface area (Å²) in [6.45, 7) is 6.26. The molecular formula is C14H27N3O4. The molecule has 0 aromatic carbocycles. The second-order valence-electron chi connectivity index (χ2n) is 5.17. The first kappa shape index (κ1) is 19.2. The number of carboxylic acids is 1. The number of aliphatic carboxylic acids is 1. The molecule has 0 rings (SSSR count). The van der Waals surface area contributed by atoms with E-state index in [2.05, 4.69) is 16.0 Å². The minimum absolute atomic E-state index is 0.0320. The Bertz CT molecular complexity index is 347. The summed E-state index contributed by atoms with van der Waals surface area (Å²) in [5.41, 5.74) is 0. The first-order valence-electron chi connectivity index (χ1n) is 7.40. The Morgan fingerprint density at radius 2 is 1.76 bits per heavy atom. The van der Waals surface area contributed by atoms with Crippen molar-refractivity contribution in [2.45, 2.75) is 52.5 Å². The van der Waals surface area contributed by atoms with Crippen molar-refractivity contribution in [3.05, 3.63) is 0 Å². The first-order chi connectivity index (χ1) is 9.86. The van der Waals surface area contributed by atoms with Gasteiger partial charge in [0, 0.05) is 25.6 Å². The summed E-state index contributed by atoms with van der Waals surface area (Å²) in [6, 6.07) is -0.339. The van der Waals surface area contributed by atoms with Crippen molar-refractivity contribution in [2.75, 3.05) is 13.1 Å². The molecule has 21 heavy (non-hydrogen) atoms. The zero-order valence-electron chi connectivity index (χ0n) is 13.1. The molecule has 0 spiro atoms. The Morgan fingerprint density at radius 1 is 1.10 bits per heavy atom. The molecule has 4 N–H and O–H groups in total. The van der Waals surface area contributed by atoms with E-state index >= 15 is 0 Å². The highest BCUT2D eigenvalue weighted by atomic mass is 16.4. The molecule has 7 nitrogen and oxygen atoms in total. The second-order valence-corrected chi connectivity index (χ2v) is 5.17. The lowest BCUT2D eigenvalue weighted by Gasteiger charge is -2.15. The third-order valence-corrected chi connectivity index (χ3v) is 3.08. The van der Waals surface area contributed by atoms with E-state index in [-0.39, 0.29) is 30.3 Å². The Labute approximate surface area is 125 Å². The van der Waals surface area contributed by atoms with Crippen LogP contribution in [0.25, 0.3) is 0 Å². The van der Waals surface area contributed by atoms with Gasteiger partial charge in [0.25, 0.3) is 0 Å². The lowest BCUT2D eigenvalue weighted by molar-refractivity contribution is -0.141. The van der Waals surface area contributed by atoms with Crippen LogP contribution in [0.3, 0.4) is 0 Å². The number of carbonyl (C=O) groups excluding carboxylic acids is 2. The van der Waals surface area contributed by atoms with E-state index < -0.39 is 5.97 Å². The molecule has 0 aliphatic rings. The maximum absolute atomic E-state index is 11.6. The smallest absolute Gasteiger partial charge is 0.315 e. The predicted molar refractivity (Wildman–Crippen MR) is 79.9 cm³/mol. The highest BCUT2D eigenvalue weighted by Gasteiger charge is 2.12. The Hall–Kier alpha value is -1.79. The number of nitrogens with one attached hydrogen (secondary N) is 3. The summed E-state index contributed by atoms with van der Waals surface area (Å²) in [5.74, 6) is -1.24. The lowest BCUT2D eigenvalue weighted by atomic mass is 10.0. The quantitative estimate of drug-likeness (QED) is 0.484. The molecule has 7 heteroatoms. The largest absolute Gasteiger partial charge is 0.481 e. The van der Waals surface area contributed by atoms with Crippen molar-refractivity contribution < 1.29 is 19.5 Å². The van der Waals surface area contributed by atoms with Crippen LogP contribution < -0.4 is 16.0 Å². The van der Waals surface area contributed by atoms with Gasteiger partial charge in [-0.05, 0) is 26.7 Å². The van der Waals surface area contributed by atoms with Gasteiger partial charge in [0.1, 0.15) is 0 Å². The van der Waals surface area contributed by atoms with Gasteiger partial charge in [0.05, 0.1) is 5.92 Å². The number of carboxylic acid groups (broad SMARTS) is 1. The van der Waals surface area contributed by atoms with E-state index in [1.165, 1.54) is 0 Å². The van der Waals surface area contributed by atoms with E-state index in [9.17, 15) is 14.4 Å². The third kappa shape index (κ3) is 10.6. The molecule has 0 aliphatic carbocycles. The van der Waals surface area contributed by atoms with Crippen LogP contribution >= 0.6 is 0 Å². The van der Waals surface area contributed by atoms with Crippen molar-refractivity contribution in [3.8, 4) is 0 Å². The standard InChI is InChI=1S/C14H27N3O4/c1-4-15-12(18)8-9-16-14(21)17-11(3)7-5-6-10(2)13(19)20/h10-11H,4-9H2,1-3H3,(H,15,18)(H,19,20)(H2,16,17,21). The molecule has 0 aliphatic heterocycles. The molecule has 122 valence electrons. The van der Waals surface area contributed by atoms with E-state index in [4.69, 9.17) is 5.11 Å². The lowest BCUT2D eigenvalue weighted by Crippen LogP contribution is -2.42. The van der Waals surface area contributed by atoms with Crippen molar-refractivity contribution in [2.24, 2.45) is 5.92 Å². The fourth-order valence-corrected chi connectivity index (χ4v) is 1.78. The van der Waals surface area contributed by atoms with Crippen LogP contribution in [0.4, 0.5) is 4.79 Å². The van der Waals surface area contributed by atoms with Crippen LogP contribution in [0.2, 0.25) is 0 Å². The molecule has 2 atom stereocenters. The Morgan fingerprint density at radius 3 is 2.33 bits per heavy atom. The monoisotopic (exact) mass is 301 g/mol. The molecule has 3 amide bonds.